The van der Waals surface area contributed by atoms with Crippen LogP contribution in [0.5, 0.6) is 11.5 Å². The molecule has 0 aromatic heterocycles. The lowest BCUT2D eigenvalue weighted by atomic mass is 9.82. The third-order valence-electron chi connectivity index (χ3n) is 5.31. The normalized spacial score (nSPS) is 12.0. The molecule has 0 aliphatic rings. The molecule has 0 radical (unpaired) electrons. The molecular formula is C28H30O5. The Labute approximate surface area is 195 Å². The average Bonchev–Trinajstić information content (AvgIpc) is 2.81. The molecule has 0 aliphatic heterocycles. The van der Waals surface area contributed by atoms with Crippen LogP contribution < -0.4 is 9.47 Å². The highest BCUT2D eigenvalue weighted by Crippen LogP contribution is 2.39. The minimum Gasteiger partial charge on any atom is -0.497 e. The molecule has 0 heterocycles. The van der Waals surface area contributed by atoms with Crippen molar-refractivity contribution in [3.05, 3.63) is 83.4 Å². The van der Waals surface area contributed by atoms with E-state index in [1.54, 1.807) is 26.4 Å². The van der Waals surface area contributed by atoms with E-state index in [4.69, 9.17) is 14.2 Å². The van der Waals surface area contributed by atoms with Crippen LogP contribution in [0.3, 0.4) is 0 Å². The van der Waals surface area contributed by atoms with Gasteiger partial charge in [-0.2, -0.15) is 0 Å². The summed E-state index contributed by atoms with van der Waals surface area (Å²) in [7, 11) is 3.18. The van der Waals surface area contributed by atoms with E-state index in [1.165, 1.54) is 0 Å². The smallest absolute Gasteiger partial charge is 0.307 e. The molecule has 0 saturated carbocycles. The molecule has 5 nitrogen and oxygen atoms in total. The maximum absolute atomic E-state index is 12.9. The summed E-state index contributed by atoms with van der Waals surface area (Å²) in [6.07, 6.45) is 0.877. The first-order valence-electron chi connectivity index (χ1n) is 10.8. The number of carbonyl (C=O) groups is 2. The highest BCUT2D eigenvalue weighted by molar-refractivity contribution is 5.82. The largest absolute Gasteiger partial charge is 0.497 e. The Morgan fingerprint density at radius 3 is 2.06 bits per heavy atom. The van der Waals surface area contributed by atoms with Crippen LogP contribution in [0, 0.1) is 0 Å². The van der Waals surface area contributed by atoms with Crippen LogP contribution in [0.25, 0.3) is 11.1 Å². The highest BCUT2D eigenvalue weighted by Gasteiger charge is 2.27. The molecular weight excluding hydrogens is 416 g/mol. The van der Waals surface area contributed by atoms with Gasteiger partial charge in [0.05, 0.1) is 20.6 Å². The van der Waals surface area contributed by atoms with E-state index in [0.29, 0.717) is 17.1 Å². The number of hydrogen-bond acceptors (Lipinski definition) is 5. The van der Waals surface area contributed by atoms with E-state index < -0.39 is 11.5 Å². The van der Waals surface area contributed by atoms with Gasteiger partial charge in [-0.25, -0.2) is 0 Å². The third kappa shape index (κ3) is 6.01. The van der Waals surface area contributed by atoms with Crippen molar-refractivity contribution < 1.29 is 23.8 Å². The predicted molar refractivity (Wildman–Crippen MR) is 129 cm³/mol. The monoisotopic (exact) mass is 446 g/mol. The number of ether oxygens (including phenoxy) is 3. The highest BCUT2D eigenvalue weighted by atomic mass is 16.6. The molecule has 0 amide bonds. The zero-order valence-corrected chi connectivity index (χ0v) is 19.8. The SMILES string of the molecule is COc1ccc(C(CC(=O)OC(C)(C)C)c2ccc(OC)cc2-c2ccccc2)c(C=O)c1. The number of methoxy groups -OCH3 is 2. The minimum atomic E-state index is -0.614. The van der Waals surface area contributed by atoms with Gasteiger partial charge in [-0.05, 0) is 67.3 Å². The Bertz CT molecular complexity index is 1110. The van der Waals surface area contributed by atoms with Gasteiger partial charge < -0.3 is 14.2 Å². The second kappa shape index (κ2) is 10.3. The molecule has 3 rings (SSSR count). The van der Waals surface area contributed by atoms with Crippen LogP contribution in [0.1, 0.15) is 54.6 Å². The molecule has 5 heteroatoms. The molecule has 0 N–H and O–H groups in total. The first-order chi connectivity index (χ1) is 15.8. The fourth-order valence-electron chi connectivity index (χ4n) is 3.87. The second-order valence-corrected chi connectivity index (χ2v) is 8.78. The van der Waals surface area contributed by atoms with Crippen molar-refractivity contribution in [1.29, 1.82) is 0 Å². The summed E-state index contributed by atoms with van der Waals surface area (Å²) >= 11 is 0. The Hall–Kier alpha value is -3.60. The number of carbonyl (C=O) groups excluding carboxylic acids is 2. The van der Waals surface area contributed by atoms with Gasteiger partial charge in [0.25, 0.3) is 0 Å². The maximum Gasteiger partial charge on any atom is 0.307 e. The van der Waals surface area contributed by atoms with E-state index in [0.717, 1.165) is 28.5 Å². The van der Waals surface area contributed by atoms with E-state index in [1.807, 2.05) is 75.4 Å². The Morgan fingerprint density at radius 1 is 0.879 bits per heavy atom. The summed E-state index contributed by atoms with van der Waals surface area (Å²) in [6, 6.07) is 21.0. The molecule has 1 unspecified atom stereocenters. The topological polar surface area (TPSA) is 61.8 Å². The lowest BCUT2D eigenvalue weighted by molar-refractivity contribution is -0.155. The van der Waals surface area contributed by atoms with Crippen molar-refractivity contribution in [2.24, 2.45) is 0 Å². The molecule has 3 aromatic carbocycles. The minimum absolute atomic E-state index is 0.0800. The number of aldehydes is 1. The van der Waals surface area contributed by atoms with Crippen molar-refractivity contribution in [1.82, 2.24) is 0 Å². The lowest BCUT2D eigenvalue weighted by Gasteiger charge is -2.25. The standard InChI is InChI=1S/C28H30O5/c1-28(2,3)33-27(30)17-26(23-13-11-21(31-4)15-20(23)18-29)24-14-12-22(32-5)16-25(24)19-9-7-6-8-10-19/h6-16,18,26H,17H2,1-5H3. The maximum atomic E-state index is 12.9. The quantitative estimate of drug-likeness (QED) is 0.311. The summed E-state index contributed by atoms with van der Waals surface area (Å²) in [6.45, 7) is 5.52. The lowest BCUT2D eigenvalue weighted by Crippen LogP contribution is -2.25. The Balaban J connectivity index is 2.20. The Kier molecular flexibility index (Phi) is 7.54. The number of benzene rings is 3. The van der Waals surface area contributed by atoms with Crippen LogP contribution in [0.15, 0.2) is 66.7 Å². The van der Waals surface area contributed by atoms with E-state index in [-0.39, 0.29) is 12.4 Å². The molecule has 0 bridgehead atoms. The van der Waals surface area contributed by atoms with Gasteiger partial charge in [0, 0.05) is 11.5 Å². The van der Waals surface area contributed by atoms with Crippen molar-refractivity contribution in [3.8, 4) is 22.6 Å². The van der Waals surface area contributed by atoms with Crippen LogP contribution >= 0.6 is 0 Å². The first-order valence-corrected chi connectivity index (χ1v) is 10.8. The van der Waals surface area contributed by atoms with E-state index in [2.05, 4.69) is 0 Å². The van der Waals surface area contributed by atoms with Gasteiger partial charge in [0.2, 0.25) is 0 Å². The molecule has 172 valence electrons. The van der Waals surface area contributed by atoms with Crippen LogP contribution in [0.2, 0.25) is 0 Å². The van der Waals surface area contributed by atoms with E-state index >= 15 is 0 Å². The zero-order valence-electron chi connectivity index (χ0n) is 19.8. The summed E-state index contributed by atoms with van der Waals surface area (Å²) in [5, 5.41) is 0. The fraction of sp³-hybridized carbons (Fsp3) is 0.286. The fourth-order valence-corrected chi connectivity index (χ4v) is 3.87. The van der Waals surface area contributed by atoms with Crippen LogP contribution in [-0.4, -0.2) is 32.1 Å². The molecule has 0 fully saturated rings. The average molecular weight is 447 g/mol. The van der Waals surface area contributed by atoms with Gasteiger partial charge in [-0.15, -0.1) is 0 Å². The van der Waals surface area contributed by atoms with Gasteiger partial charge in [0.1, 0.15) is 23.4 Å². The molecule has 0 spiro atoms. The van der Waals surface area contributed by atoms with Crippen molar-refractivity contribution >= 4 is 12.3 Å². The number of hydrogen-bond donors (Lipinski definition) is 0. The summed E-state index contributed by atoms with van der Waals surface area (Å²) in [5.41, 5.74) is 3.41. The van der Waals surface area contributed by atoms with Crippen molar-refractivity contribution in [2.45, 2.75) is 38.7 Å². The van der Waals surface area contributed by atoms with Gasteiger partial charge >= 0.3 is 5.97 Å². The Morgan fingerprint density at radius 2 is 1.48 bits per heavy atom. The summed E-state index contributed by atoms with van der Waals surface area (Å²) < 4.78 is 16.4. The summed E-state index contributed by atoms with van der Waals surface area (Å²) in [5.74, 6) is 0.538. The summed E-state index contributed by atoms with van der Waals surface area (Å²) in [4.78, 5) is 25.0. The molecule has 0 aliphatic carbocycles. The predicted octanol–water partition coefficient (Wildman–Crippen LogP) is 6.05. The zero-order chi connectivity index (χ0) is 24.0. The molecule has 1 atom stereocenters. The van der Waals surface area contributed by atoms with Gasteiger partial charge in [0.15, 0.2) is 0 Å². The van der Waals surface area contributed by atoms with E-state index in [9.17, 15) is 9.59 Å². The van der Waals surface area contributed by atoms with Crippen LogP contribution in [-0.2, 0) is 9.53 Å². The van der Waals surface area contributed by atoms with Gasteiger partial charge in [-0.1, -0.05) is 42.5 Å². The molecule has 33 heavy (non-hydrogen) atoms. The molecule has 0 saturated heterocycles. The van der Waals surface area contributed by atoms with Crippen molar-refractivity contribution in [3.63, 3.8) is 0 Å². The van der Waals surface area contributed by atoms with Crippen LogP contribution in [0.4, 0.5) is 0 Å². The van der Waals surface area contributed by atoms with Gasteiger partial charge in [-0.3, -0.25) is 9.59 Å². The van der Waals surface area contributed by atoms with Crippen molar-refractivity contribution in [2.75, 3.05) is 14.2 Å². The first kappa shape index (κ1) is 24.1. The molecule has 3 aromatic rings. The number of rotatable bonds is 8. The third-order valence-corrected chi connectivity index (χ3v) is 5.31. The second-order valence-electron chi connectivity index (χ2n) is 8.78. The number of esters is 1.